The number of halogens is 1. The Morgan fingerprint density at radius 2 is 1.90 bits per heavy atom. The number of aromatic nitrogens is 2. The largest absolute Gasteiger partial charge is 0.356 e. The van der Waals surface area contributed by atoms with Crippen LogP contribution in [-0.4, -0.2) is 45.6 Å². The van der Waals surface area contributed by atoms with Gasteiger partial charge >= 0.3 is 0 Å². The van der Waals surface area contributed by atoms with Crippen LogP contribution in [0.2, 0.25) is 0 Å². The minimum Gasteiger partial charge on any atom is -0.356 e. The predicted molar refractivity (Wildman–Crippen MR) is 122 cm³/mol. The molecule has 0 saturated carbocycles. The van der Waals surface area contributed by atoms with Crippen molar-refractivity contribution in [1.29, 1.82) is 0 Å². The van der Waals surface area contributed by atoms with Gasteiger partial charge in [-0.3, -0.25) is 9.59 Å². The predicted octanol–water partition coefficient (Wildman–Crippen LogP) is 4.41. The first-order valence-electron chi connectivity index (χ1n) is 10.7. The van der Waals surface area contributed by atoms with Crippen LogP contribution in [0.3, 0.4) is 0 Å². The number of unbranched alkanes of at least 4 members (excludes halogenated alkanes) is 1. The second kappa shape index (κ2) is 9.77. The van der Waals surface area contributed by atoms with Crippen molar-refractivity contribution >= 4 is 27.7 Å². The van der Waals surface area contributed by atoms with E-state index in [9.17, 15) is 9.59 Å². The van der Waals surface area contributed by atoms with Gasteiger partial charge < -0.3 is 10.2 Å². The van der Waals surface area contributed by atoms with Gasteiger partial charge in [-0.05, 0) is 80.2 Å². The summed E-state index contributed by atoms with van der Waals surface area (Å²) in [6.07, 6.45) is 3.71. The molecule has 0 bridgehead atoms. The number of likely N-dealkylation sites (tertiary alicyclic amines) is 1. The molecule has 2 aromatic rings. The summed E-state index contributed by atoms with van der Waals surface area (Å²) in [6.45, 7) is 9.31. The number of carbonyl (C=O) groups excluding carboxylic acids is 2. The molecule has 2 amide bonds. The molecule has 2 atom stereocenters. The Labute approximate surface area is 187 Å². The van der Waals surface area contributed by atoms with Crippen LogP contribution in [0, 0.1) is 19.8 Å². The molecule has 1 aliphatic heterocycles. The third kappa shape index (κ3) is 4.77. The standard InChI is InChI=1S/C23H31BrN4O2/c1-5-6-13-25-22(29)19-8-7-15(2)27(14-19)23(30)18-9-11-20(12-10-18)28-17(4)21(24)16(3)26-28/h9-12,15,19H,5-8,13-14H2,1-4H3,(H,25,29). The van der Waals surface area contributed by atoms with Crippen molar-refractivity contribution in [1.82, 2.24) is 20.0 Å². The molecule has 0 radical (unpaired) electrons. The van der Waals surface area contributed by atoms with Crippen molar-refractivity contribution in [2.75, 3.05) is 13.1 Å². The number of benzene rings is 1. The van der Waals surface area contributed by atoms with Crippen molar-refractivity contribution in [3.05, 3.63) is 45.7 Å². The van der Waals surface area contributed by atoms with Crippen LogP contribution in [0.4, 0.5) is 0 Å². The molecule has 6 nitrogen and oxygen atoms in total. The molecular weight excluding hydrogens is 444 g/mol. The van der Waals surface area contributed by atoms with Gasteiger partial charge in [0.25, 0.3) is 5.91 Å². The maximum absolute atomic E-state index is 13.2. The second-order valence-electron chi connectivity index (χ2n) is 8.17. The fraction of sp³-hybridized carbons (Fsp3) is 0.522. The van der Waals surface area contributed by atoms with Crippen LogP contribution in [0.15, 0.2) is 28.7 Å². The summed E-state index contributed by atoms with van der Waals surface area (Å²) in [4.78, 5) is 27.5. The highest BCUT2D eigenvalue weighted by molar-refractivity contribution is 9.10. The minimum atomic E-state index is -0.131. The van der Waals surface area contributed by atoms with Gasteiger partial charge in [-0.25, -0.2) is 4.68 Å². The van der Waals surface area contributed by atoms with Gasteiger partial charge in [-0.15, -0.1) is 0 Å². The van der Waals surface area contributed by atoms with E-state index in [4.69, 9.17) is 0 Å². The fourth-order valence-corrected chi connectivity index (χ4v) is 4.17. The molecule has 1 fully saturated rings. The molecule has 3 rings (SSSR count). The summed E-state index contributed by atoms with van der Waals surface area (Å²) >= 11 is 3.55. The number of amides is 2. The number of nitrogens with one attached hydrogen (secondary N) is 1. The Morgan fingerprint density at radius 1 is 1.20 bits per heavy atom. The Hall–Kier alpha value is -2.15. The van der Waals surface area contributed by atoms with Crippen LogP contribution >= 0.6 is 15.9 Å². The third-order valence-electron chi connectivity index (χ3n) is 5.91. The van der Waals surface area contributed by atoms with Crippen LogP contribution in [0.1, 0.15) is 61.3 Å². The summed E-state index contributed by atoms with van der Waals surface area (Å²) < 4.78 is 2.86. The zero-order valence-electron chi connectivity index (χ0n) is 18.2. The summed E-state index contributed by atoms with van der Waals surface area (Å²) in [6, 6.07) is 7.66. The van der Waals surface area contributed by atoms with Crippen molar-refractivity contribution < 1.29 is 9.59 Å². The highest BCUT2D eigenvalue weighted by atomic mass is 79.9. The van der Waals surface area contributed by atoms with E-state index in [2.05, 4.69) is 40.2 Å². The monoisotopic (exact) mass is 474 g/mol. The van der Waals surface area contributed by atoms with E-state index in [1.165, 1.54) is 0 Å². The van der Waals surface area contributed by atoms with Gasteiger partial charge in [0.15, 0.2) is 0 Å². The van der Waals surface area contributed by atoms with E-state index >= 15 is 0 Å². The maximum atomic E-state index is 13.2. The highest BCUT2D eigenvalue weighted by Gasteiger charge is 2.33. The summed E-state index contributed by atoms with van der Waals surface area (Å²) in [7, 11) is 0. The molecule has 1 aliphatic rings. The molecule has 1 N–H and O–H groups in total. The van der Waals surface area contributed by atoms with Crippen molar-refractivity contribution in [2.24, 2.45) is 5.92 Å². The first-order valence-corrected chi connectivity index (χ1v) is 11.5. The molecule has 2 heterocycles. The summed E-state index contributed by atoms with van der Waals surface area (Å²) in [5.74, 6) is -0.0819. The number of hydrogen-bond donors (Lipinski definition) is 1. The summed E-state index contributed by atoms with van der Waals surface area (Å²) in [5, 5.41) is 7.56. The van der Waals surface area contributed by atoms with E-state index in [0.717, 1.165) is 47.2 Å². The van der Waals surface area contributed by atoms with E-state index in [-0.39, 0.29) is 23.8 Å². The molecular formula is C23H31BrN4O2. The van der Waals surface area contributed by atoms with Gasteiger partial charge in [0, 0.05) is 24.7 Å². The van der Waals surface area contributed by atoms with Gasteiger partial charge in [0.1, 0.15) is 0 Å². The average molecular weight is 475 g/mol. The summed E-state index contributed by atoms with van der Waals surface area (Å²) in [5.41, 5.74) is 3.50. The quantitative estimate of drug-likeness (QED) is 0.630. The number of rotatable bonds is 6. The smallest absolute Gasteiger partial charge is 0.254 e. The maximum Gasteiger partial charge on any atom is 0.254 e. The van der Waals surface area contributed by atoms with E-state index in [0.29, 0.717) is 18.7 Å². The van der Waals surface area contributed by atoms with E-state index in [1.807, 2.05) is 47.7 Å². The Balaban J connectivity index is 1.71. The van der Waals surface area contributed by atoms with Crippen LogP contribution in [-0.2, 0) is 4.79 Å². The number of hydrogen-bond acceptors (Lipinski definition) is 3. The number of piperidine rings is 1. The van der Waals surface area contributed by atoms with Gasteiger partial charge in [-0.1, -0.05) is 13.3 Å². The molecule has 162 valence electrons. The lowest BCUT2D eigenvalue weighted by Crippen LogP contribution is -2.49. The van der Waals surface area contributed by atoms with Crippen molar-refractivity contribution in [3.8, 4) is 5.69 Å². The van der Waals surface area contributed by atoms with Gasteiger partial charge in [-0.2, -0.15) is 5.10 Å². The lowest BCUT2D eigenvalue weighted by atomic mass is 9.92. The number of aryl methyl sites for hydroxylation is 1. The molecule has 0 aliphatic carbocycles. The Kier molecular flexibility index (Phi) is 7.34. The molecule has 1 aromatic carbocycles. The molecule has 0 spiro atoms. The SMILES string of the molecule is CCCCNC(=O)C1CCC(C)N(C(=O)c2ccc(-n3nc(C)c(Br)c3C)cc2)C1. The Morgan fingerprint density at radius 3 is 2.50 bits per heavy atom. The zero-order valence-corrected chi connectivity index (χ0v) is 19.8. The molecule has 2 unspecified atom stereocenters. The fourth-order valence-electron chi connectivity index (χ4n) is 3.92. The third-order valence-corrected chi connectivity index (χ3v) is 7.05. The lowest BCUT2D eigenvalue weighted by Gasteiger charge is -2.37. The van der Waals surface area contributed by atoms with E-state index < -0.39 is 0 Å². The first kappa shape index (κ1) is 22.5. The average Bonchev–Trinajstić information content (AvgIpc) is 3.01. The van der Waals surface area contributed by atoms with Gasteiger partial charge in [0.05, 0.1) is 27.5 Å². The van der Waals surface area contributed by atoms with Crippen molar-refractivity contribution in [3.63, 3.8) is 0 Å². The highest BCUT2D eigenvalue weighted by Crippen LogP contribution is 2.26. The molecule has 1 aromatic heterocycles. The van der Waals surface area contributed by atoms with Crippen LogP contribution < -0.4 is 5.32 Å². The second-order valence-corrected chi connectivity index (χ2v) is 8.96. The van der Waals surface area contributed by atoms with Crippen LogP contribution in [0.25, 0.3) is 5.69 Å². The first-order chi connectivity index (χ1) is 14.3. The zero-order chi connectivity index (χ0) is 21.8. The normalized spacial score (nSPS) is 19.0. The lowest BCUT2D eigenvalue weighted by molar-refractivity contribution is -0.126. The topological polar surface area (TPSA) is 67.2 Å². The number of carbonyl (C=O) groups is 2. The molecule has 7 heteroatoms. The van der Waals surface area contributed by atoms with Gasteiger partial charge in [0.2, 0.25) is 5.91 Å². The van der Waals surface area contributed by atoms with Crippen LogP contribution in [0.5, 0.6) is 0 Å². The van der Waals surface area contributed by atoms with Crippen molar-refractivity contribution in [2.45, 2.75) is 59.4 Å². The van der Waals surface area contributed by atoms with E-state index in [1.54, 1.807) is 0 Å². The molecule has 1 saturated heterocycles. The Bertz CT molecular complexity index is 907. The number of nitrogens with zero attached hydrogens (tertiary/aromatic N) is 3. The molecule has 30 heavy (non-hydrogen) atoms. The minimum absolute atomic E-state index is 0.0188.